The summed E-state index contributed by atoms with van der Waals surface area (Å²) in [5, 5.41) is 0. The Balaban J connectivity index is 1.62. The van der Waals surface area contributed by atoms with Crippen LogP contribution >= 0.6 is 15.9 Å². The lowest BCUT2D eigenvalue weighted by atomic mass is 10.00. The van der Waals surface area contributed by atoms with E-state index in [4.69, 9.17) is 4.74 Å². The molecule has 134 valence electrons. The van der Waals surface area contributed by atoms with Gasteiger partial charge in [0.15, 0.2) is 0 Å². The molecule has 5 nitrogen and oxygen atoms in total. The van der Waals surface area contributed by atoms with Gasteiger partial charge in [0, 0.05) is 42.9 Å². The highest BCUT2D eigenvalue weighted by atomic mass is 79.9. The Morgan fingerprint density at radius 2 is 2.12 bits per heavy atom. The number of benzene rings is 1. The molecule has 0 unspecified atom stereocenters. The Labute approximate surface area is 157 Å². The summed E-state index contributed by atoms with van der Waals surface area (Å²) in [6, 6.07) is 6.50. The summed E-state index contributed by atoms with van der Waals surface area (Å²) in [5.41, 5.74) is 2.29. The monoisotopic (exact) mass is 405 g/mol. The van der Waals surface area contributed by atoms with Gasteiger partial charge in [-0.2, -0.15) is 0 Å². The second-order valence-corrected chi connectivity index (χ2v) is 8.30. The van der Waals surface area contributed by atoms with E-state index in [1.54, 1.807) is 12.4 Å². The number of ether oxygens (including phenoxy) is 1. The molecule has 0 bridgehead atoms. The second kappa shape index (κ2) is 7.30. The van der Waals surface area contributed by atoms with Crippen LogP contribution in [0.3, 0.4) is 0 Å². The molecule has 0 N–H and O–H groups in total. The first-order valence-electron chi connectivity index (χ1n) is 8.57. The molecule has 0 amide bonds. The van der Waals surface area contributed by atoms with Crippen LogP contribution in [0.15, 0.2) is 35.1 Å². The van der Waals surface area contributed by atoms with E-state index in [2.05, 4.69) is 44.0 Å². The highest BCUT2D eigenvalue weighted by Crippen LogP contribution is 2.23. The summed E-state index contributed by atoms with van der Waals surface area (Å²) < 4.78 is 8.07. The van der Waals surface area contributed by atoms with Gasteiger partial charge in [0.05, 0.1) is 0 Å². The topological polar surface area (TPSA) is 47.4 Å². The molecule has 0 radical (unpaired) electrons. The Hall–Kier alpha value is -1.66. The molecule has 1 aromatic carbocycles. The highest BCUT2D eigenvalue weighted by Gasteiger charge is 2.21. The first-order chi connectivity index (χ1) is 11.8. The first kappa shape index (κ1) is 18.1. The number of carbonyl (C=O) groups is 1. The van der Waals surface area contributed by atoms with E-state index in [9.17, 15) is 4.79 Å². The van der Waals surface area contributed by atoms with Crippen LogP contribution in [0.1, 0.15) is 37.7 Å². The normalized spacial score (nSPS) is 15.0. The maximum absolute atomic E-state index is 12.3. The molecular formula is C19H24BrN3O2. The van der Waals surface area contributed by atoms with Crippen molar-refractivity contribution < 1.29 is 9.53 Å². The zero-order chi connectivity index (χ0) is 18.0. The van der Waals surface area contributed by atoms with Crippen LogP contribution in [-0.2, 0) is 24.1 Å². The largest absolute Gasteiger partial charge is 0.443 e. The summed E-state index contributed by atoms with van der Waals surface area (Å²) in [6.07, 6.45) is 4.74. The number of halogens is 1. The number of carbonyl (C=O) groups excluding carboxylic acids is 1. The average Bonchev–Trinajstić information content (AvgIpc) is 2.99. The van der Waals surface area contributed by atoms with Gasteiger partial charge >= 0.3 is 6.09 Å². The van der Waals surface area contributed by atoms with Crippen LogP contribution in [0.4, 0.5) is 4.79 Å². The van der Waals surface area contributed by atoms with Gasteiger partial charge in [0.1, 0.15) is 11.4 Å². The van der Waals surface area contributed by atoms with Gasteiger partial charge in [0.25, 0.3) is 0 Å². The first-order valence-corrected chi connectivity index (χ1v) is 9.36. The van der Waals surface area contributed by atoms with E-state index in [1.165, 1.54) is 15.7 Å². The summed E-state index contributed by atoms with van der Waals surface area (Å²) in [4.78, 5) is 19.0. The van der Waals surface area contributed by atoms with Crippen molar-refractivity contribution in [3.63, 3.8) is 0 Å². The summed E-state index contributed by atoms with van der Waals surface area (Å²) >= 11 is 3.55. The van der Waals surface area contributed by atoms with Crippen molar-refractivity contribution in [2.75, 3.05) is 13.1 Å². The Bertz CT molecular complexity index is 764. The molecule has 3 rings (SSSR count). The molecule has 1 aliphatic heterocycles. The smallest absolute Gasteiger partial charge is 0.419 e. The molecule has 1 aliphatic rings. The van der Waals surface area contributed by atoms with Crippen molar-refractivity contribution in [2.45, 2.75) is 45.8 Å². The molecule has 2 aromatic rings. The van der Waals surface area contributed by atoms with Gasteiger partial charge in [-0.05, 0) is 50.5 Å². The SMILES string of the molecule is CC(C)(C)OC(=O)n1ccnc1CCN1CCc2ccc(Br)cc2C1. The summed E-state index contributed by atoms with van der Waals surface area (Å²) in [6.45, 7) is 8.43. The zero-order valence-corrected chi connectivity index (χ0v) is 16.5. The maximum Gasteiger partial charge on any atom is 0.419 e. The fourth-order valence-electron chi connectivity index (χ4n) is 3.03. The van der Waals surface area contributed by atoms with Crippen molar-refractivity contribution in [1.82, 2.24) is 14.5 Å². The van der Waals surface area contributed by atoms with Gasteiger partial charge in [-0.25, -0.2) is 14.3 Å². The van der Waals surface area contributed by atoms with Crippen molar-refractivity contribution in [1.29, 1.82) is 0 Å². The highest BCUT2D eigenvalue weighted by molar-refractivity contribution is 9.10. The Morgan fingerprint density at radius 3 is 2.88 bits per heavy atom. The average molecular weight is 406 g/mol. The van der Waals surface area contributed by atoms with Gasteiger partial charge in [-0.1, -0.05) is 22.0 Å². The third-order valence-corrected chi connectivity index (χ3v) is 4.71. The molecule has 2 heterocycles. The Kier molecular flexibility index (Phi) is 5.29. The second-order valence-electron chi connectivity index (χ2n) is 7.38. The van der Waals surface area contributed by atoms with E-state index in [1.807, 2.05) is 20.8 Å². The summed E-state index contributed by atoms with van der Waals surface area (Å²) in [7, 11) is 0. The lowest BCUT2D eigenvalue weighted by Crippen LogP contribution is -2.33. The number of rotatable bonds is 3. The number of hydrogen-bond donors (Lipinski definition) is 0. The number of nitrogens with zero attached hydrogens (tertiary/aromatic N) is 3. The quantitative estimate of drug-likeness (QED) is 0.772. The van der Waals surface area contributed by atoms with E-state index >= 15 is 0 Å². The standard InChI is InChI=1S/C19H24BrN3O2/c1-19(2,3)25-18(24)23-11-8-21-17(23)7-10-22-9-6-14-4-5-16(20)12-15(14)13-22/h4-5,8,11-12H,6-7,9-10,13H2,1-3H3. The molecule has 1 aromatic heterocycles. The van der Waals surface area contributed by atoms with Crippen LogP contribution in [0.25, 0.3) is 0 Å². The van der Waals surface area contributed by atoms with Crippen LogP contribution in [0, 0.1) is 0 Å². The predicted octanol–water partition coefficient (Wildman–Crippen LogP) is 4.03. The van der Waals surface area contributed by atoms with Gasteiger partial charge in [0.2, 0.25) is 0 Å². The predicted molar refractivity (Wildman–Crippen MR) is 101 cm³/mol. The minimum Gasteiger partial charge on any atom is -0.443 e. The lowest BCUT2D eigenvalue weighted by molar-refractivity contribution is 0.0531. The molecule has 0 saturated carbocycles. The lowest BCUT2D eigenvalue weighted by Gasteiger charge is -2.28. The van der Waals surface area contributed by atoms with E-state index < -0.39 is 5.60 Å². The summed E-state index contributed by atoms with van der Waals surface area (Å²) in [5.74, 6) is 0.745. The van der Waals surface area contributed by atoms with Crippen molar-refractivity contribution in [3.05, 3.63) is 52.0 Å². The fraction of sp³-hybridized carbons (Fsp3) is 0.474. The fourth-order valence-corrected chi connectivity index (χ4v) is 3.44. The van der Waals surface area contributed by atoms with Gasteiger partial charge in [-0.15, -0.1) is 0 Å². The molecule has 6 heteroatoms. The van der Waals surface area contributed by atoms with Crippen LogP contribution < -0.4 is 0 Å². The van der Waals surface area contributed by atoms with Crippen LogP contribution in [0.2, 0.25) is 0 Å². The maximum atomic E-state index is 12.3. The molecule has 0 aliphatic carbocycles. The van der Waals surface area contributed by atoms with Gasteiger partial charge in [-0.3, -0.25) is 4.90 Å². The third kappa shape index (κ3) is 4.70. The van der Waals surface area contributed by atoms with Crippen molar-refractivity contribution in [2.24, 2.45) is 0 Å². The third-order valence-electron chi connectivity index (χ3n) is 4.22. The number of aromatic nitrogens is 2. The number of imidazole rings is 1. The number of fused-ring (bicyclic) bond motifs is 1. The molecule has 0 saturated heterocycles. The van der Waals surface area contributed by atoms with E-state index in [-0.39, 0.29) is 6.09 Å². The van der Waals surface area contributed by atoms with E-state index in [0.717, 1.165) is 42.8 Å². The Morgan fingerprint density at radius 1 is 1.32 bits per heavy atom. The molecule has 0 spiro atoms. The molecule has 0 atom stereocenters. The van der Waals surface area contributed by atoms with Crippen molar-refractivity contribution >= 4 is 22.0 Å². The molecule has 25 heavy (non-hydrogen) atoms. The minimum absolute atomic E-state index is 0.368. The molecule has 0 fully saturated rings. The molecular weight excluding hydrogens is 382 g/mol. The van der Waals surface area contributed by atoms with E-state index in [0.29, 0.717) is 0 Å². The number of hydrogen-bond acceptors (Lipinski definition) is 4. The van der Waals surface area contributed by atoms with Crippen molar-refractivity contribution in [3.8, 4) is 0 Å². The van der Waals surface area contributed by atoms with Crippen LogP contribution in [0.5, 0.6) is 0 Å². The van der Waals surface area contributed by atoms with Crippen LogP contribution in [-0.4, -0.2) is 39.2 Å². The minimum atomic E-state index is -0.511. The zero-order valence-electron chi connectivity index (χ0n) is 15.0. The van der Waals surface area contributed by atoms with Gasteiger partial charge < -0.3 is 4.74 Å².